The van der Waals surface area contributed by atoms with Gasteiger partial charge in [0.2, 0.25) is 5.91 Å². The van der Waals surface area contributed by atoms with Gasteiger partial charge in [0.15, 0.2) is 11.5 Å². The highest BCUT2D eigenvalue weighted by atomic mass is 16.5. The first-order valence-electron chi connectivity index (χ1n) is 12.1. The van der Waals surface area contributed by atoms with E-state index in [2.05, 4.69) is 23.1 Å². The van der Waals surface area contributed by atoms with Crippen LogP contribution in [0.2, 0.25) is 0 Å². The van der Waals surface area contributed by atoms with Gasteiger partial charge in [0.05, 0.1) is 40.8 Å². The van der Waals surface area contributed by atoms with E-state index in [1.54, 1.807) is 21.3 Å². The first-order valence-corrected chi connectivity index (χ1v) is 12.1. The summed E-state index contributed by atoms with van der Waals surface area (Å²) in [5, 5.41) is 0. The zero-order chi connectivity index (χ0) is 23.0. The van der Waals surface area contributed by atoms with Gasteiger partial charge in [0.1, 0.15) is 18.8 Å². The van der Waals surface area contributed by atoms with Gasteiger partial charge in [-0.05, 0) is 59.4 Å². The van der Waals surface area contributed by atoms with E-state index in [0.29, 0.717) is 12.3 Å². The summed E-state index contributed by atoms with van der Waals surface area (Å²) in [7, 11) is 5.09. The molecule has 1 aliphatic carbocycles. The summed E-state index contributed by atoms with van der Waals surface area (Å²) in [6.07, 6.45) is 3.60. The molecule has 0 spiro atoms. The fourth-order valence-electron chi connectivity index (χ4n) is 5.63. The third kappa shape index (κ3) is 4.41. The minimum Gasteiger partial charge on any atom is -0.497 e. The highest BCUT2D eigenvalue weighted by Gasteiger charge is 2.46. The molecule has 2 aromatic rings. The number of methoxy groups -OCH3 is 3. The van der Waals surface area contributed by atoms with Crippen LogP contribution in [0.25, 0.3) is 0 Å². The van der Waals surface area contributed by atoms with E-state index >= 15 is 0 Å². The molecule has 3 aliphatic rings. The van der Waals surface area contributed by atoms with E-state index in [-0.39, 0.29) is 5.91 Å². The Bertz CT molecular complexity index is 1050. The summed E-state index contributed by atoms with van der Waals surface area (Å²) in [5.41, 5.74) is 5.21. The standard InChI is InChI=1S/C27H35N2O4/c1-31-23-6-5-19-16-27(30)28(9-7-20(19)14-23)8-4-10-29(11-12-29)18-22-13-21-15-25(32-2)26(33-3)17-24(21)22/h5-6,14-15,17,22H,4,7-13,16,18H2,1-3H3/q+1. The molecule has 1 saturated heterocycles. The third-order valence-corrected chi connectivity index (χ3v) is 7.83. The van der Waals surface area contributed by atoms with Crippen molar-refractivity contribution in [2.75, 3.05) is 60.6 Å². The predicted molar refractivity (Wildman–Crippen MR) is 127 cm³/mol. The number of amides is 1. The van der Waals surface area contributed by atoms with Gasteiger partial charge in [-0.1, -0.05) is 6.07 Å². The number of carbonyl (C=O) groups is 1. The van der Waals surface area contributed by atoms with Gasteiger partial charge in [-0.25, -0.2) is 0 Å². The van der Waals surface area contributed by atoms with Gasteiger partial charge in [0, 0.05) is 25.4 Å². The molecule has 2 aromatic carbocycles. The number of rotatable bonds is 9. The van der Waals surface area contributed by atoms with Crippen molar-refractivity contribution in [1.29, 1.82) is 0 Å². The Labute approximate surface area is 196 Å². The monoisotopic (exact) mass is 451 g/mol. The minimum absolute atomic E-state index is 0.255. The Balaban J connectivity index is 1.15. The molecule has 0 bridgehead atoms. The van der Waals surface area contributed by atoms with Crippen LogP contribution in [-0.4, -0.2) is 75.9 Å². The van der Waals surface area contributed by atoms with E-state index in [9.17, 15) is 4.79 Å². The van der Waals surface area contributed by atoms with Gasteiger partial charge in [-0.2, -0.15) is 0 Å². The molecule has 1 atom stereocenters. The summed E-state index contributed by atoms with van der Waals surface area (Å²) in [4.78, 5) is 14.9. The van der Waals surface area contributed by atoms with Crippen molar-refractivity contribution in [1.82, 2.24) is 4.90 Å². The van der Waals surface area contributed by atoms with E-state index in [0.717, 1.165) is 61.7 Å². The van der Waals surface area contributed by atoms with Crippen LogP contribution < -0.4 is 14.2 Å². The third-order valence-electron chi connectivity index (χ3n) is 7.83. The summed E-state index contributed by atoms with van der Waals surface area (Å²) < 4.78 is 17.5. The van der Waals surface area contributed by atoms with Gasteiger partial charge >= 0.3 is 0 Å². The van der Waals surface area contributed by atoms with Crippen LogP contribution in [0.4, 0.5) is 0 Å². The van der Waals surface area contributed by atoms with Gasteiger partial charge in [-0.15, -0.1) is 0 Å². The van der Waals surface area contributed by atoms with Gasteiger partial charge < -0.3 is 23.6 Å². The molecule has 2 heterocycles. The van der Waals surface area contributed by atoms with Crippen LogP contribution >= 0.6 is 0 Å². The Morgan fingerprint density at radius 2 is 1.76 bits per heavy atom. The molecular formula is C27H35N2O4+. The highest BCUT2D eigenvalue weighted by Crippen LogP contribution is 2.44. The van der Waals surface area contributed by atoms with E-state index in [4.69, 9.17) is 14.2 Å². The maximum atomic E-state index is 12.9. The molecule has 2 aliphatic heterocycles. The highest BCUT2D eigenvalue weighted by molar-refractivity contribution is 5.80. The molecule has 176 valence electrons. The second-order valence-electron chi connectivity index (χ2n) is 9.80. The first-order chi connectivity index (χ1) is 16.0. The quantitative estimate of drug-likeness (QED) is 0.434. The number of nitrogens with zero attached hydrogens (tertiary/aromatic N) is 2. The summed E-state index contributed by atoms with van der Waals surface area (Å²) in [6, 6.07) is 10.4. The number of benzene rings is 2. The van der Waals surface area contributed by atoms with Gasteiger partial charge in [0.25, 0.3) is 0 Å². The first kappa shape index (κ1) is 22.1. The Morgan fingerprint density at radius 1 is 0.970 bits per heavy atom. The molecule has 1 fully saturated rings. The maximum Gasteiger partial charge on any atom is 0.227 e. The molecule has 0 saturated carbocycles. The molecule has 1 unspecified atom stereocenters. The van der Waals surface area contributed by atoms with Crippen molar-refractivity contribution in [2.45, 2.75) is 31.6 Å². The smallest absolute Gasteiger partial charge is 0.227 e. The fourth-order valence-corrected chi connectivity index (χ4v) is 5.63. The Hall–Kier alpha value is -2.73. The minimum atomic E-state index is 0.255. The second kappa shape index (κ2) is 8.90. The largest absolute Gasteiger partial charge is 0.497 e. The summed E-state index contributed by atoms with van der Waals surface area (Å²) in [6.45, 7) is 6.54. The lowest BCUT2D eigenvalue weighted by Crippen LogP contribution is -2.39. The lowest BCUT2D eigenvalue weighted by atomic mass is 9.77. The van der Waals surface area contributed by atoms with Crippen molar-refractivity contribution < 1.29 is 23.5 Å². The van der Waals surface area contributed by atoms with Crippen LogP contribution in [0.5, 0.6) is 17.2 Å². The van der Waals surface area contributed by atoms with Crippen molar-refractivity contribution in [3.63, 3.8) is 0 Å². The number of carbonyl (C=O) groups excluding carboxylic acids is 1. The van der Waals surface area contributed by atoms with Crippen molar-refractivity contribution in [3.8, 4) is 17.2 Å². The summed E-state index contributed by atoms with van der Waals surface area (Å²) >= 11 is 0. The van der Waals surface area contributed by atoms with Crippen LogP contribution in [0.3, 0.4) is 0 Å². The van der Waals surface area contributed by atoms with Crippen LogP contribution in [-0.2, 0) is 24.1 Å². The van der Waals surface area contributed by atoms with Gasteiger partial charge in [-0.3, -0.25) is 4.79 Å². The maximum absolute atomic E-state index is 12.9. The average Bonchev–Trinajstić information content (AvgIpc) is 3.61. The number of hydrogen-bond donors (Lipinski definition) is 0. The molecule has 0 N–H and O–H groups in total. The van der Waals surface area contributed by atoms with E-state index in [1.165, 1.54) is 40.8 Å². The number of fused-ring (bicyclic) bond motifs is 2. The van der Waals surface area contributed by atoms with Crippen molar-refractivity contribution >= 4 is 5.91 Å². The number of quaternary nitrogens is 1. The molecule has 5 rings (SSSR count). The lowest BCUT2D eigenvalue weighted by Gasteiger charge is -2.34. The fraction of sp³-hybridized carbons (Fsp3) is 0.519. The van der Waals surface area contributed by atoms with Crippen LogP contribution in [0, 0.1) is 0 Å². The zero-order valence-electron chi connectivity index (χ0n) is 20.1. The molecule has 1 amide bonds. The van der Waals surface area contributed by atoms with Crippen LogP contribution in [0.15, 0.2) is 30.3 Å². The lowest BCUT2D eigenvalue weighted by molar-refractivity contribution is -0.802. The average molecular weight is 452 g/mol. The molecule has 6 heteroatoms. The summed E-state index contributed by atoms with van der Waals surface area (Å²) in [5.74, 6) is 3.39. The molecule has 6 nitrogen and oxygen atoms in total. The Kier molecular flexibility index (Phi) is 5.95. The topological polar surface area (TPSA) is 48.0 Å². The number of ether oxygens (including phenoxy) is 3. The normalized spacial score (nSPS) is 20.3. The van der Waals surface area contributed by atoms with Crippen molar-refractivity contribution in [2.24, 2.45) is 0 Å². The van der Waals surface area contributed by atoms with Crippen molar-refractivity contribution in [3.05, 3.63) is 52.6 Å². The van der Waals surface area contributed by atoms with E-state index < -0.39 is 0 Å². The Morgan fingerprint density at radius 3 is 2.48 bits per heavy atom. The molecule has 0 radical (unpaired) electrons. The second-order valence-corrected chi connectivity index (χ2v) is 9.80. The molecular weight excluding hydrogens is 416 g/mol. The number of hydrogen-bond acceptors (Lipinski definition) is 4. The molecule has 33 heavy (non-hydrogen) atoms. The van der Waals surface area contributed by atoms with Crippen LogP contribution in [0.1, 0.15) is 34.6 Å². The van der Waals surface area contributed by atoms with E-state index in [1.807, 2.05) is 12.1 Å². The SMILES string of the molecule is COc1ccc2c(c1)CCN(CCC[N+]1(CC3Cc4cc(OC)c(OC)cc43)CC1)C(=O)C2. The molecule has 0 aromatic heterocycles. The zero-order valence-corrected chi connectivity index (χ0v) is 20.1. The predicted octanol–water partition coefficient (Wildman–Crippen LogP) is 3.20.